The van der Waals surface area contributed by atoms with E-state index in [1.165, 1.54) is 30.2 Å². The van der Waals surface area contributed by atoms with E-state index >= 15 is 0 Å². The molecule has 1 aliphatic heterocycles. The Hall–Kier alpha value is -2.46. The Balaban J connectivity index is 1.40. The standard InChI is InChI=1S/C24H29N3O4S2/c1-4-18-5-7-19(8-6-18)24-25-20(17-32-24)16-26-11-13-27(14-12-26)33(28,29)23-15-21(30-2)9-10-22(23)31-3/h5-10,15,17H,4,11-14,16H2,1-3H3. The van der Waals surface area contributed by atoms with Gasteiger partial charge in [0, 0.05) is 49.7 Å². The summed E-state index contributed by atoms with van der Waals surface area (Å²) >= 11 is 1.64. The van der Waals surface area contributed by atoms with E-state index in [1.54, 1.807) is 23.5 Å². The van der Waals surface area contributed by atoms with Crippen molar-refractivity contribution >= 4 is 21.4 Å². The summed E-state index contributed by atoms with van der Waals surface area (Å²) in [6.07, 6.45) is 1.02. The van der Waals surface area contributed by atoms with Crippen LogP contribution in [0.4, 0.5) is 0 Å². The van der Waals surface area contributed by atoms with Crippen LogP contribution >= 0.6 is 11.3 Å². The minimum Gasteiger partial charge on any atom is -0.497 e. The van der Waals surface area contributed by atoms with Crippen LogP contribution in [-0.4, -0.2) is 63.0 Å². The molecule has 1 aromatic heterocycles. The molecule has 1 fully saturated rings. The van der Waals surface area contributed by atoms with Crippen LogP contribution in [0.5, 0.6) is 11.5 Å². The average Bonchev–Trinajstić information content (AvgIpc) is 3.32. The Morgan fingerprint density at radius 2 is 1.73 bits per heavy atom. The minimum absolute atomic E-state index is 0.135. The predicted octanol–water partition coefficient (Wildman–Crippen LogP) is 3.90. The lowest BCUT2D eigenvalue weighted by molar-refractivity contribution is 0.180. The first kappa shape index (κ1) is 23.7. The van der Waals surface area contributed by atoms with Gasteiger partial charge in [-0.1, -0.05) is 31.2 Å². The summed E-state index contributed by atoms with van der Waals surface area (Å²) < 4.78 is 38.6. The number of benzene rings is 2. The topological polar surface area (TPSA) is 72.0 Å². The third-order valence-electron chi connectivity index (χ3n) is 5.87. The number of rotatable bonds is 8. The highest BCUT2D eigenvalue weighted by Crippen LogP contribution is 2.31. The van der Waals surface area contributed by atoms with Gasteiger partial charge in [0.1, 0.15) is 21.4 Å². The highest BCUT2D eigenvalue weighted by atomic mass is 32.2. The maximum absolute atomic E-state index is 13.3. The Morgan fingerprint density at radius 1 is 1.00 bits per heavy atom. The summed E-state index contributed by atoms with van der Waals surface area (Å²) in [5.41, 5.74) is 3.46. The van der Waals surface area contributed by atoms with Gasteiger partial charge in [0.25, 0.3) is 0 Å². The van der Waals surface area contributed by atoms with Gasteiger partial charge in [-0.2, -0.15) is 4.31 Å². The van der Waals surface area contributed by atoms with E-state index in [1.807, 2.05) is 0 Å². The fourth-order valence-electron chi connectivity index (χ4n) is 3.88. The summed E-state index contributed by atoms with van der Waals surface area (Å²) in [5.74, 6) is 0.803. The minimum atomic E-state index is -3.68. The van der Waals surface area contributed by atoms with Gasteiger partial charge in [-0.25, -0.2) is 13.4 Å². The van der Waals surface area contributed by atoms with Crippen LogP contribution in [0.25, 0.3) is 10.6 Å². The summed E-state index contributed by atoms with van der Waals surface area (Å²) in [6.45, 7) is 4.97. The molecule has 0 saturated carbocycles. The van der Waals surface area contributed by atoms with E-state index in [-0.39, 0.29) is 4.90 Å². The Labute approximate surface area is 199 Å². The van der Waals surface area contributed by atoms with Gasteiger partial charge in [0.05, 0.1) is 19.9 Å². The molecule has 2 aromatic carbocycles. The van der Waals surface area contributed by atoms with E-state index in [9.17, 15) is 8.42 Å². The first-order valence-corrected chi connectivity index (χ1v) is 13.2. The first-order valence-electron chi connectivity index (χ1n) is 10.9. The number of sulfonamides is 1. The molecule has 0 N–H and O–H groups in total. The van der Waals surface area contributed by atoms with Gasteiger partial charge >= 0.3 is 0 Å². The first-order chi connectivity index (χ1) is 15.9. The molecule has 0 bridgehead atoms. The molecule has 3 aromatic rings. The molecular weight excluding hydrogens is 458 g/mol. The highest BCUT2D eigenvalue weighted by molar-refractivity contribution is 7.89. The zero-order valence-electron chi connectivity index (χ0n) is 19.2. The van der Waals surface area contributed by atoms with Crippen molar-refractivity contribution in [1.82, 2.24) is 14.2 Å². The number of hydrogen-bond acceptors (Lipinski definition) is 7. The van der Waals surface area contributed by atoms with Crippen LogP contribution in [0, 0.1) is 0 Å². The SMILES string of the molecule is CCc1ccc(-c2nc(CN3CCN(S(=O)(=O)c4cc(OC)ccc4OC)CC3)cs2)cc1. The molecule has 0 aliphatic carbocycles. The predicted molar refractivity (Wildman–Crippen MR) is 131 cm³/mol. The Morgan fingerprint density at radius 3 is 2.36 bits per heavy atom. The lowest BCUT2D eigenvalue weighted by Gasteiger charge is -2.33. The van der Waals surface area contributed by atoms with Crippen molar-refractivity contribution in [2.45, 2.75) is 24.8 Å². The molecule has 0 spiro atoms. The number of hydrogen-bond donors (Lipinski definition) is 0. The van der Waals surface area contributed by atoms with Crippen LogP contribution in [0.15, 0.2) is 52.7 Å². The van der Waals surface area contributed by atoms with Crippen LogP contribution in [-0.2, 0) is 23.0 Å². The van der Waals surface area contributed by atoms with Gasteiger partial charge in [0.15, 0.2) is 0 Å². The van der Waals surface area contributed by atoms with Crippen molar-refractivity contribution in [1.29, 1.82) is 0 Å². The Bertz CT molecular complexity index is 1180. The van der Waals surface area contributed by atoms with Gasteiger partial charge in [-0.15, -0.1) is 11.3 Å². The molecule has 0 radical (unpaired) electrons. The molecule has 4 rings (SSSR count). The summed E-state index contributed by atoms with van der Waals surface area (Å²) in [7, 11) is -0.697. The third kappa shape index (κ3) is 5.22. The smallest absolute Gasteiger partial charge is 0.246 e. The summed E-state index contributed by atoms with van der Waals surface area (Å²) in [6, 6.07) is 13.4. The number of aromatic nitrogens is 1. The second-order valence-corrected chi connectivity index (χ2v) is 10.7. The van der Waals surface area contributed by atoms with Gasteiger partial charge in [-0.05, 0) is 24.1 Å². The van der Waals surface area contributed by atoms with Crippen molar-refractivity contribution in [3.63, 3.8) is 0 Å². The second kappa shape index (κ2) is 10.2. The zero-order valence-corrected chi connectivity index (χ0v) is 20.8. The van der Waals surface area contributed by atoms with Gasteiger partial charge < -0.3 is 9.47 Å². The lowest BCUT2D eigenvalue weighted by atomic mass is 10.1. The molecule has 33 heavy (non-hydrogen) atoms. The number of ether oxygens (including phenoxy) is 2. The van der Waals surface area contributed by atoms with Crippen molar-refractivity contribution in [2.75, 3.05) is 40.4 Å². The monoisotopic (exact) mass is 487 g/mol. The maximum atomic E-state index is 13.3. The normalized spacial score (nSPS) is 15.5. The fraction of sp³-hybridized carbons (Fsp3) is 0.375. The molecular formula is C24H29N3O4S2. The molecule has 0 atom stereocenters. The fourth-order valence-corrected chi connectivity index (χ4v) is 6.29. The molecule has 7 nitrogen and oxygen atoms in total. The molecule has 1 aliphatic rings. The number of aryl methyl sites for hydroxylation is 1. The van der Waals surface area contributed by atoms with E-state index in [0.29, 0.717) is 44.2 Å². The van der Waals surface area contributed by atoms with Crippen molar-refractivity contribution in [2.24, 2.45) is 0 Å². The van der Waals surface area contributed by atoms with Crippen molar-refractivity contribution in [3.8, 4) is 22.1 Å². The molecule has 9 heteroatoms. The zero-order chi connectivity index (χ0) is 23.4. The Kier molecular flexibility index (Phi) is 7.33. The van der Waals surface area contributed by atoms with Crippen LogP contribution in [0.2, 0.25) is 0 Å². The molecule has 1 saturated heterocycles. The van der Waals surface area contributed by atoms with Gasteiger partial charge in [0.2, 0.25) is 10.0 Å². The summed E-state index contributed by atoms with van der Waals surface area (Å²) in [4.78, 5) is 7.18. The number of thiazole rings is 1. The van der Waals surface area contributed by atoms with Crippen LogP contribution in [0.1, 0.15) is 18.2 Å². The maximum Gasteiger partial charge on any atom is 0.246 e. The van der Waals surface area contributed by atoms with Crippen LogP contribution < -0.4 is 9.47 Å². The largest absolute Gasteiger partial charge is 0.497 e. The van der Waals surface area contributed by atoms with E-state index in [0.717, 1.165) is 22.7 Å². The molecule has 2 heterocycles. The number of nitrogens with zero attached hydrogens (tertiary/aromatic N) is 3. The van der Waals surface area contributed by atoms with Gasteiger partial charge in [-0.3, -0.25) is 4.90 Å². The molecule has 0 amide bonds. The quantitative estimate of drug-likeness (QED) is 0.480. The number of methoxy groups -OCH3 is 2. The summed E-state index contributed by atoms with van der Waals surface area (Å²) in [5, 5.41) is 3.10. The third-order valence-corrected chi connectivity index (χ3v) is 8.73. The number of piperazine rings is 1. The van der Waals surface area contributed by atoms with Crippen molar-refractivity contribution in [3.05, 3.63) is 59.1 Å². The van der Waals surface area contributed by atoms with E-state index < -0.39 is 10.0 Å². The van der Waals surface area contributed by atoms with E-state index in [2.05, 4.69) is 41.5 Å². The average molecular weight is 488 g/mol. The lowest BCUT2D eigenvalue weighted by Crippen LogP contribution is -2.48. The highest BCUT2D eigenvalue weighted by Gasteiger charge is 2.31. The molecule has 176 valence electrons. The van der Waals surface area contributed by atoms with Crippen LogP contribution in [0.3, 0.4) is 0 Å². The van der Waals surface area contributed by atoms with Crippen molar-refractivity contribution < 1.29 is 17.9 Å². The second-order valence-electron chi connectivity index (χ2n) is 7.89. The molecule has 0 unspecified atom stereocenters. The van der Waals surface area contributed by atoms with E-state index in [4.69, 9.17) is 14.5 Å².